The first-order chi connectivity index (χ1) is 8.93. The molecule has 0 radical (unpaired) electrons. The Bertz CT molecular complexity index is 561. The quantitative estimate of drug-likeness (QED) is 0.426. The summed E-state index contributed by atoms with van der Waals surface area (Å²) >= 11 is 0. The summed E-state index contributed by atoms with van der Waals surface area (Å²) in [6.45, 7) is 8.75. The summed E-state index contributed by atoms with van der Waals surface area (Å²) in [6, 6.07) is 21.4. The molecule has 0 saturated carbocycles. The van der Waals surface area contributed by atoms with E-state index in [1.807, 2.05) is 0 Å². The standard InChI is InChI=1S/C14H10.C5H12/c1-2-6-12-10-14-8-4-3-7-13(14)9-11(12)5-1;1-5(2,3)4/h1-10H;1-4H3. The molecule has 0 heteroatoms. The first-order valence-electron chi connectivity index (χ1n) is 6.81. The average molecular weight is 250 g/mol. The molecule has 0 spiro atoms. The second kappa shape index (κ2) is 5.44. The van der Waals surface area contributed by atoms with Crippen LogP contribution in [-0.2, 0) is 0 Å². The fraction of sp³-hybridized carbons (Fsp3) is 0.263. The zero-order chi connectivity index (χ0) is 13.9. The van der Waals surface area contributed by atoms with E-state index in [0.717, 1.165) is 0 Å². The zero-order valence-electron chi connectivity index (χ0n) is 12.3. The SMILES string of the molecule is CC(C)(C)C.c1ccc2cc3ccccc3cc2c1. The Morgan fingerprint density at radius 1 is 0.526 bits per heavy atom. The molecule has 0 unspecified atom stereocenters. The fourth-order valence-electron chi connectivity index (χ4n) is 1.88. The zero-order valence-corrected chi connectivity index (χ0v) is 12.3. The Morgan fingerprint density at radius 3 is 0.947 bits per heavy atom. The van der Waals surface area contributed by atoms with Crippen molar-refractivity contribution in [1.29, 1.82) is 0 Å². The second-order valence-electron chi connectivity index (χ2n) is 6.55. The molecule has 0 saturated heterocycles. The van der Waals surface area contributed by atoms with Crippen molar-refractivity contribution >= 4 is 21.5 Å². The molecule has 19 heavy (non-hydrogen) atoms. The van der Waals surface area contributed by atoms with Crippen LogP contribution in [0.25, 0.3) is 21.5 Å². The highest BCUT2D eigenvalue weighted by Crippen LogP contribution is 2.21. The minimum atomic E-state index is 0.500. The summed E-state index contributed by atoms with van der Waals surface area (Å²) in [5, 5.41) is 5.25. The lowest BCUT2D eigenvalue weighted by Gasteiger charge is -2.05. The van der Waals surface area contributed by atoms with Crippen LogP contribution in [0.2, 0.25) is 0 Å². The topological polar surface area (TPSA) is 0 Å². The van der Waals surface area contributed by atoms with E-state index < -0.39 is 0 Å². The summed E-state index contributed by atoms with van der Waals surface area (Å²) in [4.78, 5) is 0. The smallest absolute Gasteiger partial charge is 0.0178 e. The largest absolute Gasteiger partial charge is 0.0616 e. The summed E-state index contributed by atoms with van der Waals surface area (Å²) in [5.41, 5.74) is 0.500. The number of hydrogen-bond donors (Lipinski definition) is 0. The monoisotopic (exact) mass is 250 g/mol. The normalized spacial score (nSPS) is 11.2. The average Bonchev–Trinajstić information content (AvgIpc) is 2.34. The van der Waals surface area contributed by atoms with Crippen molar-refractivity contribution in [2.24, 2.45) is 5.41 Å². The van der Waals surface area contributed by atoms with Crippen molar-refractivity contribution < 1.29 is 0 Å². The highest BCUT2D eigenvalue weighted by Gasteiger charge is 1.96. The first kappa shape index (κ1) is 13.6. The molecule has 3 rings (SSSR count). The fourth-order valence-corrected chi connectivity index (χ4v) is 1.88. The minimum absolute atomic E-state index is 0.500. The lowest BCUT2D eigenvalue weighted by atomic mass is 10.0. The van der Waals surface area contributed by atoms with Crippen LogP contribution in [0.1, 0.15) is 27.7 Å². The van der Waals surface area contributed by atoms with Gasteiger partial charge in [0, 0.05) is 0 Å². The third-order valence-electron chi connectivity index (χ3n) is 2.61. The number of hydrogen-bond acceptors (Lipinski definition) is 0. The van der Waals surface area contributed by atoms with E-state index in [1.54, 1.807) is 0 Å². The van der Waals surface area contributed by atoms with Gasteiger partial charge in [-0.05, 0) is 39.1 Å². The molecule has 0 heterocycles. The minimum Gasteiger partial charge on any atom is -0.0616 e. The van der Waals surface area contributed by atoms with E-state index in [9.17, 15) is 0 Å². The molecule has 98 valence electrons. The highest BCUT2D eigenvalue weighted by molar-refractivity contribution is 5.98. The summed E-state index contributed by atoms with van der Waals surface area (Å²) in [7, 11) is 0. The van der Waals surface area contributed by atoms with Gasteiger partial charge in [-0.1, -0.05) is 76.2 Å². The van der Waals surface area contributed by atoms with Crippen LogP contribution >= 0.6 is 0 Å². The van der Waals surface area contributed by atoms with Crippen LogP contribution in [0.15, 0.2) is 60.7 Å². The predicted molar refractivity (Wildman–Crippen MR) is 86.6 cm³/mol. The van der Waals surface area contributed by atoms with Gasteiger partial charge in [-0.25, -0.2) is 0 Å². The van der Waals surface area contributed by atoms with Gasteiger partial charge < -0.3 is 0 Å². The molecule has 0 aliphatic heterocycles. The lowest BCUT2D eigenvalue weighted by Crippen LogP contribution is -1.93. The van der Waals surface area contributed by atoms with Gasteiger partial charge in [0.25, 0.3) is 0 Å². The highest BCUT2D eigenvalue weighted by atomic mass is 14.0. The van der Waals surface area contributed by atoms with E-state index in [2.05, 4.69) is 88.4 Å². The molecule has 0 aromatic heterocycles. The van der Waals surface area contributed by atoms with Gasteiger partial charge in [0.1, 0.15) is 0 Å². The molecule has 0 N–H and O–H groups in total. The lowest BCUT2D eigenvalue weighted by molar-refractivity contribution is 0.469. The van der Waals surface area contributed by atoms with Crippen molar-refractivity contribution in [3.63, 3.8) is 0 Å². The molecule has 3 aromatic rings. The molecule has 3 aromatic carbocycles. The van der Waals surface area contributed by atoms with Gasteiger partial charge in [-0.3, -0.25) is 0 Å². The Morgan fingerprint density at radius 2 is 0.737 bits per heavy atom. The maximum absolute atomic E-state index is 2.24. The van der Waals surface area contributed by atoms with Gasteiger partial charge in [-0.2, -0.15) is 0 Å². The molecule has 0 bridgehead atoms. The van der Waals surface area contributed by atoms with E-state index in [-0.39, 0.29) is 0 Å². The summed E-state index contributed by atoms with van der Waals surface area (Å²) in [6.07, 6.45) is 0. The van der Waals surface area contributed by atoms with Gasteiger partial charge in [0.15, 0.2) is 0 Å². The molecule has 0 atom stereocenters. The van der Waals surface area contributed by atoms with Crippen molar-refractivity contribution in [2.75, 3.05) is 0 Å². The number of fused-ring (bicyclic) bond motifs is 2. The van der Waals surface area contributed by atoms with Crippen LogP contribution in [0.4, 0.5) is 0 Å². The van der Waals surface area contributed by atoms with Crippen LogP contribution in [0, 0.1) is 5.41 Å². The van der Waals surface area contributed by atoms with Crippen LogP contribution in [0.5, 0.6) is 0 Å². The molecular formula is C19H22. The Labute approximate surface area is 116 Å². The van der Waals surface area contributed by atoms with E-state index in [4.69, 9.17) is 0 Å². The van der Waals surface area contributed by atoms with E-state index in [1.165, 1.54) is 21.5 Å². The van der Waals surface area contributed by atoms with Crippen LogP contribution in [0.3, 0.4) is 0 Å². The van der Waals surface area contributed by atoms with Crippen LogP contribution < -0.4 is 0 Å². The van der Waals surface area contributed by atoms with Crippen molar-refractivity contribution in [2.45, 2.75) is 27.7 Å². The Kier molecular flexibility index (Phi) is 3.90. The van der Waals surface area contributed by atoms with Gasteiger partial charge in [0.2, 0.25) is 0 Å². The maximum Gasteiger partial charge on any atom is -0.0178 e. The van der Waals surface area contributed by atoms with E-state index >= 15 is 0 Å². The molecular weight excluding hydrogens is 228 g/mol. The summed E-state index contributed by atoms with van der Waals surface area (Å²) < 4.78 is 0. The van der Waals surface area contributed by atoms with E-state index in [0.29, 0.717) is 5.41 Å². The maximum atomic E-state index is 2.24. The van der Waals surface area contributed by atoms with Gasteiger partial charge in [-0.15, -0.1) is 0 Å². The Balaban J connectivity index is 0.000000232. The van der Waals surface area contributed by atoms with Gasteiger partial charge in [0.05, 0.1) is 0 Å². The molecule has 0 nitrogen and oxygen atoms in total. The van der Waals surface area contributed by atoms with Crippen molar-refractivity contribution in [1.82, 2.24) is 0 Å². The number of benzene rings is 3. The Hall–Kier alpha value is -1.82. The molecule has 0 amide bonds. The third kappa shape index (κ3) is 4.10. The third-order valence-corrected chi connectivity index (χ3v) is 2.61. The molecule has 0 aliphatic rings. The second-order valence-corrected chi connectivity index (χ2v) is 6.55. The van der Waals surface area contributed by atoms with Crippen LogP contribution in [-0.4, -0.2) is 0 Å². The predicted octanol–water partition coefficient (Wildman–Crippen LogP) is 6.05. The van der Waals surface area contributed by atoms with Crippen molar-refractivity contribution in [3.05, 3.63) is 60.7 Å². The molecule has 0 aliphatic carbocycles. The number of rotatable bonds is 0. The van der Waals surface area contributed by atoms with Gasteiger partial charge >= 0.3 is 0 Å². The summed E-state index contributed by atoms with van der Waals surface area (Å²) in [5.74, 6) is 0. The molecule has 0 fully saturated rings. The van der Waals surface area contributed by atoms with Crippen molar-refractivity contribution in [3.8, 4) is 0 Å². The first-order valence-corrected chi connectivity index (χ1v) is 6.81.